The van der Waals surface area contributed by atoms with Crippen LogP contribution in [0, 0.1) is 6.92 Å². The number of aryl methyl sites for hydroxylation is 1. The molecule has 11 heteroatoms. The van der Waals surface area contributed by atoms with Crippen LogP contribution in [0.3, 0.4) is 0 Å². The Bertz CT molecular complexity index is 1380. The molecule has 1 aliphatic heterocycles. The summed E-state index contributed by atoms with van der Waals surface area (Å²) in [6, 6.07) is 4.17. The first kappa shape index (κ1) is 27.7. The molecule has 1 aliphatic carbocycles. The normalized spacial score (nSPS) is 16.4. The topological polar surface area (TPSA) is 109 Å². The molecule has 2 amide bonds. The van der Waals surface area contributed by atoms with Gasteiger partial charge in [-0.3, -0.25) is 4.79 Å². The van der Waals surface area contributed by atoms with Gasteiger partial charge in [0.05, 0.1) is 11.9 Å². The highest BCUT2D eigenvalue weighted by molar-refractivity contribution is 6.00. The third-order valence-electron chi connectivity index (χ3n) is 7.58. The van der Waals surface area contributed by atoms with Gasteiger partial charge in [-0.2, -0.15) is 4.98 Å². The van der Waals surface area contributed by atoms with Gasteiger partial charge in [0.15, 0.2) is 0 Å². The molecule has 0 unspecified atom stereocenters. The van der Waals surface area contributed by atoms with Gasteiger partial charge in [-0.15, -0.1) is 0 Å². The van der Waals surface area contributed by atoms with Gasteiger partial charge in [-0.25, -0.2) is 14.8 Å². The van der Waals surface area contributed by atoms with E-state index in [0.717, 1.165) is 48.0 Å². The van der Waals surface area contributed by atoms with Crippen molar-refractivity contribution in [1.82, 2.24) is 29.3 Å². The van der Waals surface area contributed by atoms with E-state index < -0.39 is 5.60 Å². The van der Waals surface area contributed by atoms with Crippen LogP contribution in [0.4, 0.5) is 22.2 Å². The van der Waals surface area contributed by atoms with Gasteiger partial charge in [0, 0.05) is 57.9 Å². The maximum Gasteiger partial charge on any atom is 0.410 e. The molecule has 0 spiro atoms. The van der Waals surface area contributed by atoms with E-state index in [1.165, 1.54) is 0 Å². The van der Waals surface area contributed by atoms with Gasteiger partial charge in [-0.05, 0) is 58.2 Å². The molecule has 1 saturated heterocycles. The maximum absolute atomic E-state index is 13.2. The zero-order valence-electron chi connectivity index (χ0n) is 24.4. The molecular formula is C29H40N8O3. The van der Waals surface area contributed by atoms with E-state index >= 15 is 0 Å². The first-order valence-corrected chi connectivity index (χ1v) is 14.1. The first-order valence-electron chi connectivity index (χ1n) is 14.1. The van der Waals surface area contributed by atoms with Gasteiger partial charge in [0.1, 0.15) is 22.8 Å². The number of carbonyl (C=O) groups excluding carboxylic acids is 2. The van der Waals surface area contributed by atoms with Crippen LogP contribution in [-0.2, 0) is 4.74 Å². The Hall–Kier alpha value is -3.89. The third-order valence-corrected chi connectivity index (χ3v) is 7.58. The second kappa shape index (κ2) is 10.9. The van der Waals surface area contributed by atoms with Crippen molar-refractivity contribution in [3.63, 3.8) is 0 Å². The maximum atomic E-state index is 13.2. The molecule has 2 fully saturated rings. The molecular weight excluding hydrogens is 508 g/mol. The van der Waals surface area contributed by atoms with Gasteiger partial charge in [0.25, 0.3) is 5.91 Å². The predicted octanol–water partition coefficient (Wildman–Crippen LogP) is 4.75. The van der Waals surface area contributed by atoms with E-state index in [4.69, 9.17) is 9.72 Å². The number of piperazine rings is 1. The number of nitrogens with one attached hydrogen (secondary N) is 1. The van der Waals surface area contributed by atoms with Crippen molar-refractivity contribution < 1.29 is 14.3 Å². The number of anilines is 3. The van der Waals surface area contributed by atoms with Crippen molar-refractivity contribution in [3.8, 4) is 0 Å². The standard InChI is InChI=1S/C29H40N8O3/c1-19-22-18-31-27(33-25(22)37(20-9-7-8-10-20)24(19)26(38)34(5)6)32-23-12-11-21(17-30-23)35-13-15-36(16-14-35)28(39)40-29(2,3)4/h11-12,17-18,20H,7-10,13-16H2,1-6H3,(H,30,31,32,33). The molecule has 40 heavy (non-hydrogen) atoms. The Morgan fingerprint density at radius 2 is 1.73 bits per heavy atom. The predicted molar refractivity (Wildman–Crippen MR) is 155 cm³/mol. The summed E-state index contributed by atoms with van der Waals surface area (Å²) >= 11 is 0. The highest BCUT2D eigenvalue weighted by Gasteiger charge is 2.29. The van der Waals surface area contributed by atoms with Crippen LogP contribution in [0.2, 0.25) is 0 Å². The number of rotatable bonds is 5. The van der Waals surface area contributed by atoms with Crippen molar-refractivity contribution in [2.24, 2.45) is 0 Å². The number of ether oxygens (including phenoxy) is 1. The lowest BCUT2D eigenvalue weighted by atomic mass is 10.2. The summed E-state index contributed by atoms with van der Waals surface area (Å²) in [6.07, 6.45) is 7.74. The van der Waals surface area contributed by atoms with Crippen LogP contribution in [0.5, 0.6) is 0 Å². The summed E-state index contributed by atoms with van der Waals surface area (Å²) in [7, 11) is 3.57. The minimum absolute atomic E-state index is 0.0129. The number of pyridine rings is 1. The molecule has 0 atom stereocenters. The van der Waals surface area contributed by atoms with E-state index in [1.807, 2.05) is 46.0 Å². The van der Waals surface area contributed by atoms with Gasteiger partial charge in [0.2, 0.25) is 5.95 Å². The van der Waals surface area contributed by atoms with E-state index in [0.29, 0.717) is 43.6 Å². The van der Waals surface area contributed by atoms with Gasteiger partial charge in [-0.1, -0.05) is 12.8 Å². The van der Waals surface area contributed by atoms with Crippen molar-refractivity contribution in [2.45, 2.75) is 65.0 Å². The molecule has 0 aromatic carbocycles. The molecule has 0 bridgehead atoms. The first-order chi connectivity index (χ1) is 19.0. The Labute approximate surface area is 235 Å². The Kier molecular flexibility index (Phi) is 7.57. The van der Waals surface area contributed by atoms with Crippen molar-refractivity contribution in [2.75, 3.05) is 50.5 Å². The zero-order chi connectivity index (χ0) is 28.6. The second-order valence-corrected chi connectivity index (χ2v) is 11.9. The molecule has 3 aromatic rings. The minimum Gasteiger partial charge on any atom is -0.444 e. The van der Waals surface area contributed by atoms with Crippen molar-refractivity contribution >= 4 is 40.5 Å². The molecule has 4 heterocycles. The fourth-order valence-electron chi connectivity index (χ4n) is 5.52. The van der Waals surface area contributed by atoms with Crippen LogP contribution in [0.15, 0.2) is 24.5 Å². The van der Waals surface area contributed by atoms with E-state index in [9.17, 15) is 9.59 Å². The molecule has 1 saturated carbocycles. The van der Waals surface area contributed by atoms with Crippen molar-refractivity contribution in [3.05, 3.63) is 35.8 Å². The molecule has 2 aliphatic rings. The average Bonchev–Trinajstić information content (AvgIpc) is 3.54. The van der Waals surface area contributed by atoms with Crippen molar-refractivity contribution in [1.29, 1.82) is 0 Å². The van der Waals surface area contributed by atoms with E-state index in [1.54, 1.807) is 30.1 Å². The summed E-state index contributed by atoms with van der Waals surface area (Å²) in [4.78, 5) is 45.1. The number of amides is 2. The quantitative estimate of drug-likeness (QED) is 0.487. The summed E-state index contributed by atoms with van der Waals surface area (Å²) in [5, 5.41) is 4.14. The highest BCUT2D eigenvalue weighted by Crippen LogP contribution is 2.37. The lowest BCUT2D eigenvalue weighted by Gasteiger charge is -2.36. The van der Waals surface area contributed by atoms with Crippen LogP contribution < -0.4 is 10.2 Å². The Balaban J connectivity index is 1.31. The fourth-order valence-corrected chi connectivity index (χ4v) is 5.52. The SMILES string of the molecule is Cc1c(C(=O)N(C)C)n(C2CCCC2)c2nc(Nc3ccc(N4CCN(C(=O)OC(C)(C)C)CC4)cn3)ncc12. The fraction of sp³-hybridized carbons (Fsp3) is 0.552. The lowest BCUT2D eigenvalue weighted by Crippen LogP contribution is -2.50. The molecule has 11 nitrogen and oxygen atoms in total. The largest absolute Gasteiger partial charge is 0.444 e. The lowest BCUT2D eigenvalue weighted by molar-refractivity contribution is 0.0240. The number of aromatic nitrogens is 4. The molecule has 214 valence electrons. The highest BCUT2D eigenvalue weighted by atomic mass is 16.6. The smallest absolute Gasteiger partial charge is 0.410 e. The Morgan fingerprint density at radius 3 is 2.33 bits per heavy atom. The second-order valence-electron chi connectivity index (χ2n) is 11.9. The summed E-state index contributed by atoms with van der Waals surface area (Å²) in [6.45, 7) is 10.2. The monoisotopic (exact) mass is 548 g/mol. The van der Waals surface area contributed by atoms with Crippen LogP contribution in [-0.4, -0.2) is 87.2 Å². The van der Waals surface area contributed by atoms with Crippen LogP contribution in [0.1, 0.15) is 68.5 Å². The summed E-state index contributed by atoms with van der Waals surface area (Å²) in [5.74, 6) is 1.07. The molecule has 3 aromatic heterocycles. The number of carbonyl (C=O) groups is 2. The summed E-state index contributed by atoms with van der Waals surface area (Å²) < 4.78 is 7.64. The van der Waals surface area contributed by atoms with E-state index in [2.05, 4.69) is 24.8 Å². The van der Waals surface area contributed by atoms with Gasteiger partial charge < -0.3 is 29.3 Å². The van der Waals surface area contributed by atoms with Crippen LogP contribution in [0.25, 0.3) is 11.0 Å². The number of hydrogen-bond acceptors (Lipinski definition) is 8. The summed E-state index contributed by atoms with van der Waals surface area (Å²) in [5.41, 5.74) is 2.89. The minimum atomic E-state index is -0.500. The molecule has 5 rings (SSSR count). The number of fused-ring (bicyclic) bond motifs is 1. The molecule has 1 N–H and O–H groups in total. The molecule has 0 radical (unpaired) electrons. The third kappa shape index (κ3) is 5.68. The number of nitrogens with zero attached hydrogens (tertiary/aromatic N) is 7. The van der Waals surface area contributed by atoms with Crippen LogP contribution >= 0.6 is 0 Å². The average molecular weight is 549 g/mol. The zero-order valence-corrected chi connectivity index (χ0v) is 24.4. The number of hydrogen-bond donors (Lipinski definition) is 1. The Morgan fingerprint density at radius 1 is 1.02 bits per heavy atom. The van der Waals surface area contributed by atoms with E-state index in [-0.39, 0.29) is 18.0 Å². The van der Waals surface area contributed by atoms with Gasteiger partial charge >= 0.3 is 6.09 Å².